The number of benzene rings is 2. The predicted octanol–water partition coefficient (Wildman–Crippen LogP) is 4.69. The molecule has 1 atom stereocenters. The van der Waals surface area contributed by atoms with Crippen LogP contribution in [0.25, 0.3) is 0 Å². The van der Waals surface area contributed by atoms with Crippen LogP contribution in [0, 0.1) is 0 Å². The van der Waals surface area contributed by atoms with Gasteiger partial charge in [0.05, 0.1) is 17.2 Å². The van der Waals surface area contributed by atoms with Gasteiger partial charge in [0.1, 0.15) is 0 Å². The Labute approximate surface area is 169 Å². The van der Waals surface area contributed by atoms with E-state index in [-0.39, 0.29) is 11.3 Å². The number of allylic oxidation sites excluding steroid dienone is 1. The smallest absolute Gasteiger partial charge is 0.327 e. The number of carbonyl (C=O) groups excluding carboxylic acids is 2. The van der Waals surface area contributed by atoms with Crippen LogP contribution in [0.1, 0.15) is 24.1 Å². The maximum atomic E-state index is 12.9. The second-order valence-corrected chi connectivity index (χ2v) is 7.26. The molecule has 0 saturated carbocycles. The van der Waals surface area contributed by atoms with Gasteiger partial charge < -0.3 is 16.0 Å². The van der Waals surface area contributed by atoms with E-state index in [9.17, 15) is 22.8 Å². The number of nitrogens with one attached hydrogen (secondary N) is 3. The van der Waals surface area contributed by atoms with Gasteiger partial charge >= 0.3 is 12.2 Å². The molecule has 9 heteroatoms. The Morgan fingerprint density at radius 2 is 1.83 bits per heavy atom. The van der Waals surface area contributed by atoms with Gasteiger partial charge in [0.2, 0.25) is 0 Å². The van der Waals surface area contributed by atoms with Crippen LogP contribution in [-0.2, 0) is 11.0 Å². The molecule has 1 heterocycles. The summed E-state index contributed by atoms with van der Waals surface area (Å²) in [6.45, 7) is 1.57. The van der Waals surface area contributed by atoms with E-state index in [4.69, 9.17) is 0 Å². The zero-order valence-electron chi connectivity index (χ0n) is 15.6. The minimum atomic E-state index is -4.52. The Morgan fingerprint density at radius 1 is 1.14 bits per heavy atom. The summed E-state index contributed by atoms with van der Waals surface area (Å²) in [5.74, 6) is -0.603. The molecule has 3 N–H and O–H groups in total. The van der Waals surface area contributed by atoms with Crippen molar-refractivity contribution in [3.63, 3.8) is 0 Å². The molecule has 5 nitrogen and oxygen atoms in total. The molecule has 1 aliphatic rings. The summed E-state index contributed by atoms with van der Waals surface area (Å²) in [5.41, 5.74) is 0.390. The lowest BCUT2D eigenvalue weighted by Gasteiger charge is -2.28. The molecule has 0 radical (unpaired) electrons. The van der Waals surface area contributed by atoms with Crippen molar-refractivity contribution in [3.8, 4) is 0 Å². The first-order valence-electron chi connectivity index (χ1n) is 8.60. The van der Waals surface area contributed by atoms with Crippen LogP contribution in [0.3, 0.4) is 0 Å². The van der Waals surface area contributed by atoms with Crippen molar-refractivity contribution >= 4 is 29.4 Å². The summed E-state index contributed by atoms with van der Waals surface area (Å²) in [4.78, 5) is 25.9. The van der Waals surface area contributed by atoms with Crippen molar-refractivity contribution in [3.05, 3.63) is 70.9 Å². The molecule has 2 aromatic carbocycles. The number of alkyl halides is 3. The maximum absolute atomic E-state index is 12.9. The van der Waals surface area contributed by atoms with Crippen LogP contribution in [0.15, 0.2) is 64.7 Å². The number of halogens is 3. The van der Waals surface area contributed by atoms with Crippen LogP contribution in [0.2, 0.25) is 0 Å². The molecule has 0 saturated heterocycles. The highest BCUT2D eigenvalue weighted by Gasteiger charge is 2.33. The highest BCUT2D eigenvalue weighted by molar-refractivity contribution is 7.98. The number of amides is 3. The first-order valence-corrected chi connectivity index (χ1v) is 9.82. The van der Waals surface area contributed by atoms with Gasteiger partial charge in [-0.15, -0.1) is 11.8 Å². The standard InChI is InChI=1S/C20H18F3N3O2S/c1-11-16(18(27)25-14-5-3-4-13(10-14)20(21,22)23)17(26-19(28)24-11)12-6-8-15(29-2)9-7-12/h3-10,17H,1-2H3,(H,25,27)(H2,24,26,28). The summed E-state index contributed by atoms with van der Waals surface area (Å²) in [6, 6.07) is 10.5. The Hall–Kier alpha value is -2.94. The molecule has 0 aliphatic carbocycles. The lowest BCUT2D eigenvalue weighted by molar-refractivity contribution is -0.137. The fourth-order valence-electron chi connectivity index (χ4n) is 3.01. The van der Waals surface area contributed by atoms with E-state index in [0.29, 0.717) is 11.3 Å². The first kappa shape index (κ1) is 20.8. The van der Waals surface area contributed by atoms with Gasteiger partial charge in [0.25, 0.3) is 5.91 Å². The first-order chi connectivity index (χ1) is 13.7. The Morgan fingerprint density at radius 3 is 2.45 bits per heavy atom. The molecule has 3 rings (SSSR count). The Kier molecular flexibility index (Phi) is 5.88. The third-order valence-corrected chi connectivity index (χ3v) is 5.15. The molecule has 0 aromatic heterocycles. The highest BCUT2D eigenvalue weighted by atomic mass is 32.2. The number of urea groups is 1. The molecule has 152 valence electrons. The number of carbonyl (C=O) groups is 2. The van der Waals surface area contributed by atoms with Gasteiger partial charge in [-0.3, -0.25) is 4.79 Å². The summed E-state index contributed by atoms with van der Waals surface area (Å²) in [6.07, 6.45) is -2.59. The van der Waals surface area contributed by atoms with E-state index < -0.39 is 29.7 Å². The van der Waals surface area contributed by atoms with Gasteiger partial charge in [-0.05, 0) is 49.1 Å². The van der Waals surface area contributed by atoms with Crippen molar-refractivity contribution in [2.75, 3.05) is 11.6 Å². The van der Waals surface area contributed by atoms with Crippen LogP contribution < -0.4 is 16.0 Å². The molecule has 29 heavy (non-hydrogen) atoms. The molecule has 2 aromatic rings. The third-order valence-electron chi connectivity index (χ3n) is 4.41. The topological polar surface area (TPSA) is 70.2 Å². The summed E-state index contributed by atoms with van der Waals surface area (Å²) in [5, 5.41) is 7.74. The van der Waals surface area contributed by atoms with Crippen LogP contribution in [0.5, 0.6) is 0 Å². The number of hydrogen-bond donors (Lipinski definition) is 3. The lowest BCUT2D eigenvalue weighted by Crippen LogP contribution is -2.45. The average molecular weight is 421 g/mol. The molecular formula is C20H18F3N3O2S. The fraction of sp³-hybridized carbons (Fsp3) is 0.200. The Balaban J connectivity index is 1.91. The Bertz CT molecular complexity index is 972. The zero-order chi connectivity index (χ0) is 21.2. The normalized spacial score (nSPS) is 16.9. The summed E-state index contributed by atoms with van der Waals surface area (Å²) >= 11 is 1.55. The largest absolute Gasteiger partial charge is 0.416 e. The van der Waals surface area contributed by atoms with Crippen molar-refractivity contribution in [1.82, 2.24) is 10.6 Å². The molecule has 0 fully saturated rings. The average Bonchev–Trinajstić information content (AvgIpc) is 2.67. The number of rotatable bonds is 4. The van der Waals surface area contributed by atoms with Crippen LogP contribution in [-0.4, -0.2) is 18.2 Å². The molecule has 0 spiro atoms. The number of thioether (sulfide) groups is 1. The fourth-order valence-corrected chi connectivity index (χ4v) is 3.42. The van der Waals surface area contributed by atoms with E-state index in [2.05, 4.69) is 16.0 Å². The zero-order valence-corrected chi connectivity index (χ0v) is 16.4. The molecule has 1 unspecified atom stereocenters. The van der Waals surface area contributed by atoms with E-state index in [1.54, 1.807) is 30.8 Å². The van der Waals surface area contributed by atoms with Gasteiger partial charge in [-0.25, -0.2) is 4.79 Å². The van der Waals surface area contributed by atoms with Crippen molar-refractivity contribution < 1.29 is 22.8 Å². The van der Waals surface area contributed by atoms with Gasteiger partial charge in [-0.2, -0.15) is 13.2 Å². The second-order valence-electron chi connectivity index (χ2n) is 6.38. The lowest BCUT2D eigenvalue weighted by atomic mass is 9.95. The van der Waals surface area contributed by atoms with Crippen LogP contribution >= 0.6 is 11.8 Å². The molecule has 3 amide bonds. The minimum absolute atomic E-state index is 0.0125. The quantitative estimate of drug-likeness (QED) is 0.627. The van der Waals surface area contributed by atoms with Gasteiger partial charge in [-0.1, -0.05) is 18.2 Å². The second kappa shape index (κ2) is 8.20. The summed E-state index contributed by atoms with van der Waals surface area (Å²) < 4.78 is 38.8. The predicted molar refractivity (Wildman–Crippen MR) is 105 cm³/mol. The SMILES string of the molecule is CSc1ccc(C2NC(=O)NC(C)=C2C(=O)Nc2cccc(C(F)(F)F)c2)cc1. The monoisotopic (exact) mass is 421 g/mol. The minimum Gasteiger partial charge on any atom is -0.327 e. The van der Waals surface area contributed by atoms with Crippen molar-refractivity contribution in [2.45, 2.75) is 24.0 Å². The van der Waals surface area contributed by atoms with Crippen LogP contribution in [0.4, 0.5) is 23.7 Å². The van der Waals surface area contributed by atoms with Gasteiger partial charge in [0.15, 0.2) is 0 Å². The van der Waals surface area contributed by atoms with E-state index >= 15 is 0 Å². The van der Waals surface area contributed by atoms with E-state index in [0.717, 1.165) is 17.0 Å². The highest BCUT2D eigenvalue weighted by Crippen LogP contribution is 2.32. The number of hydrogen-bond acceptors (Lipinski definition) is 3. The number of anilines is 1. The van der Waals surface area contributed by atoms with Crippen molar-refractivity contribution in [1.29, 1.82) is 0 Å². The van der Waals surface area contributed by atoms with E-state index in [1.807, 2.05) is 18.4 Å². The van der Waals surface area contributed by atoms with E-state index in [1.165, 1.54) is 12.1 Å². The molecule has 1 aliphatic heterocycles. The molecule has 0 bridgehead atoms. The molecular weight excluding hydrogens is 403 g/mol. The van der Waals surface area contributed by atoms with Crippen molar-refractivity contribution in [2.24, 2.45) is 0 Å². The summed E-state index contributed by atoms with van der Waals surface area (Å²) in [7, 11) is 0. The van der Waals surface area contributed by atoms with Gasteiger partial charge in [0, 0.05) is 16.3 Å². The maximum Gasteiger partial charge on any atom is 0.416 e. The third kappa shape index (κ3) is 4.73.